The summed E-state index contributed by atoms with van der Waals surface area (Å²) in [5.41, 5.74) is 3.83. The Hall–Kier alpha value is -2.65. The van der Waals surface area contributed by atoms with Gasteiger partial charge in [-0.05, 0) is 83.2 Å². The van der Waals surface area contributed by atoms with Crippen molar-refractivity contribution in [1.29, 1.82) is 0 Å². The molecule has 2 heterocycles. The number of rotatable bonds is 9. The molecular formula is C31H40F2N4O2S. The number of carbonyl (C=O) groups excluding carboxylic acids is 1. The number of nitrogens with one attached hydrogen (secondary N) is 3. The molecular weight excluding hydrogens is 530 g/mol. The molecule has 40 heavy (non-hydrogen) atoms. The van der Waals surface area contributed by atoms with Gasteiger partial charge in [-0.3, -0.25) is 9.59 Å². The highest BCUT2D eigenvalue weighted by Gasteiger charge is 2.45. The predicted molar refractivity (Wildman–Crippen MR) is 158 cm³/mol. The summed E-state index contributed by atoms with van der Waals surface area (Å²) in [6.07, 6.45) is 6.19. The number of benzene rings is 1. The highest BCUT2D eigenvalue weighted by molar-refractivity contribution is 7.98. The van der Waals surface area contributed by atoms with Gasteiger partial charge < -0.3 is 20.2 Å². The molecule has 9 heteroatoms. The second-order valence-corrected chi connectivity index (χ2v) is 12.6. The van der Waals surface area contributed by atoms with Gasteiger partial charge in [-0.25, -0.2) is 8.78 Å². The maximum Gasteiger partial charge on any atom is 0.254 e. The summed E-state index contributed by atoms with van der Waals surface area (Å²) in [6.45, 7) is 7.10. The Labute approximate surface area is 238 Å². The summed E-state index contributed by atoms with van der Waals surface area (Å²) in [4.78, 5) is 29.9. The van der Waals surface area contributed by atoms with Crippen molar-refractivity contribution in [2.45, 2.75) is 88.7 Å². The lowest BCUT2D eigenvalue weighted by Crippen LogP contribution is -2.49. The number of alkyl halides is 2. The van der Waals surface area contributed by atoms with Crippen LogP contribution in [0.1, 0.15) is 78.8 Å². The summed E-state index contributed by atoms with van der Waals surface area (Å²) >= 11 is 1.50. The first-order valence-corrected chi connectivity index (χ1v) is 15.6. The number of aryl methyl sites for hydroxylation is 1. The minimum Gasteiger partial charge on any atom is -0.348 e. The van der Waals surface area contributed by atoms with Crippen LogP contribution in [0.15, 0.2) is 40.0 Å². The summed E-state index contributed by atoms with van der Waals surface area (Å²) in [5, 5.41) is 7.29. The Morgan fingerprint density at radius 3 is 2.55 bits per heavy atom. The predicted octanol–water partition coefficient (Wildman–Crippen LogP) is 6.35. The van der Waals surface area contributed by atoms with Gasteiger partial charge in [-0.2, -0.15) is 0 Å². The molecule has 2 saturated carbocycles. The number of pyridine rings is 1. The van der Waals surface area contributed by atoms with Gasteiger partial charge in [-0.1, -0.05) is 18.2 Å². The third kappa shape index (κ3) is 5.86. The lowest BCUT2D eigenvalue weighted by Gasteiger charge is -2.38. The van der Waals surface area contributed by atoms with Crippen molar-refractivity contribution in [3.8, 4) is 0 Å². The van der Waals surface area contributed by atoms with Crippen LogP contribution in [0.2, 0.25) is 0 Å². The number of amides is 1. The fourth-order valence-corrected chi connectivity index (χ4v) is 7.43. The lowest BCUT2D eigenvalue weighted by molar-refractivity contribution is -0.0934. The molecule has 1 atom stereocenters. The summed E-state index contributed by atoms with van der Waals surface area (Å²) in [7, 11) is 0. The second kappa shape index (κ2) is 11.7. The number of para-hydroxylation sites is 1. The molecule has 216 valence electrons. The molecule has 0 saturated heterocycles. The Kier molecular flexibility index (Phi) is 8.43. The van der Waals surface area contributed by atoms with Crippen LogP contribution in [-0.4, -0.2) is 40.2 Å². The van der Waals surface area contributed by atoms with E-state index >= 15 is 0 Å². The van der Waals surface area contributed by atoms with E-state index in [1.165, 1.54) is 11.8 Å². The SMILES string of the molecule is CSc1cc(C)[nH]c(=O)c1CNC(=O)c1c(C)n(C(C)C2CCC(CNC3CC(F)(F)C3)CC2)c2ccccc12. The first-order valence-electron chi connectivity index (χ1n) is 14.3. The van der Waals surface area contributed by atoms with Gasteiger partial charge in [0.25, 0.3) is 17.4 Å². The van der Waals surface area contributed by atoms with E-state index in [9.17, 15) is 18.4 Å². The number of hydrogen-bond donors (Lipinski definition) is 3. The molecule has 1 aromatic carbocycles. The highest BCUT2D eigenvalue weighted by atomic mass is 32.2. The molecule has 1 amide bonds. The Balaban J connectivity index is 1.28. The molecule has 0 spiro atoms. The molecule has 1 unspecified atom stereocenters. The Morgan fingerprint density at radius 1 is 1.18 bits per heavy atom. The number of halogens is 2. The third-order valence-corrected chi connectivity index (χ3v) is 9.83. The zero-order valence-corrected chi connectivity index (χ0v) is 24.6. The standard InChI is InChI=1S/C31H40F2N4O2S/c1-18-13-27(40-4)25(29(38)36-18)17-35-30(39)28-20(3)37(26-8-6-5-7-24(26)28)19(2)22-11-9-21(10-12-22)16-34-23-14-31(32,33)15-23/h5-8,13,19,21-23,34H,9-12,14-17H2,1-4H3,(H,35,39)(H,36,38). The Morgan fingerprint density at radius 2 is 1.88 bits per heavy atom. The normalized spacial score (nSPS) is 21.8. The van der Waals surface area contributed by atoms with Crippen molar-refractivity contribution >= 4 is 28.6 Å². The summed E-state index contributed by atoms with van der Waals surface area (Å²) in [5.74, 6) is -1.65. The van der Waals surface area contributed by atoms with Gasteiger partial charge >= 0.3 is 0 Å². The van der Waals surface area contributed by atoms with Crippen LogP contribution in [-0.2, 0) is 6.54 Å². The van der Waals surface area contributed by atoms with E-state index in [0.29, 0.717) is 23.0 Å². The molecule has 6 nitrogen and oxygen atoms in total. The smallest absolute Gasteiger partial charge is 0.254 e. The van der Waals surface area contributed by atoms with Crippen LogP contribution >= 0.6 is 11.8 Å². The average molecular weight is 571 g/mol. The number of H-pyrrole nitrogens is 1. The van der Waals surface area contributed by atoms with Gasteiger partial charge in [0.05, 0.1) is 5.56 Å². The van der Waals surface area contributed by atoms with E-state index in [0.717, 1.165) is 59.4 Å². The monoisotopic (exact) mass is 570 g/mol. The highest BCUT2D eigenvalue weighted by Crippen LogP contribution is 2.40. The summed E-state index contributed by atoms with van der Waals surface area (Å²) in [6, 6.07) is 10.2. The molecule has 5 rings (SSSR count). The number of nitrogens with zero attached hydrogens (tertiary/aromatic N) is 1. The molecule has 0 aliphatic heterocycles. The quantitative estimate of drug-likeness (QED) is 0.262. The van der Waals surface area contributed by atoms with Gasteiger partial charge in [0, 0.05) is 64.2 Å². The fourth-order valence-electron chi connectivity index (χ4n) is 6.72. The number of fused-ring (bicyclic) bond motifs is 1. The van der Waals surface area contributed by atoms with Gasteiger partial charge in [0.2, 0.25) is 0 Å². The molecule has 3 aromatic rings. The van der Waals surface area contributed by atoms with E-state index in [1.54, 1.807) is 0 Å². The number of hydrogen-bond acceptors (Lipinski definition) is 4. The van der Waals surface area contributed by atoms with Crippen molar-refractivity contribution in [2.24, 2.45) is 11.8 Å². The molecule has 3 N–H and O–H groups in total. The van der Waals surface area contributed by atoms with Crippen LogP contribution < -0.4 is 16.2 Å². The van der Waals surface area contributed by atoms with Crippen molar-refractivity contribution in [3.63, 3.8) is 0 Å². The van der Waals surface area contributed by atoms with Crippen LogP contribution in [0.4, 0.5) is 8.78 Å². The Bertz CT molecular complexity index is 1430. The third-order valence-electron chi connectivity index (χ3n) is 9.02. The van der Waals surface area contributed by atoms with Gasteiger partial charge in [-0.15, -0.1) is 11.8 Å². The molecule has 0 radical (unpaired) electrons. The zero-order chi connectivity index (χ0) is 28.6. The largest absolute Gasteiger partial charge is 0.348 e. The number of carbonyl (C=O) groups is 1. The maximum absolute atomic E-state index is 13.6. The van der Waals surface area contributed by atoms with Crippen LogP contribution in [0.3, 0.4) is 0 Å². The minimum absolute atomic E-state index is 0.0322. The number of aromatic nitrogens is 2. The average Bonchev–Trinajstić information content (AvgIpc) is 3.21. The first kappa shape index (κ1) is 28.9. The summed E-state index contributed by atoms with van der Waals surface area (Å²) < 4.78 is 28.6. The second-order valence-electron chi connectivity index (χ2n) is 11.7. The van der Waals surface area contributed by atoms with Crippen molar-refractivity contribution in [3.05, 3.63) is 63.2 Å². The van der Waals surface area contributed by atoms with Gasteiger partial charge in [0.1, 0.15) is 0 Å². The number of thioether (sulfide) groups is 1. The molecule has 2 aliphatic carbocycles. The molecule has 2 aliphatic rings. The molecule has 2 aromatic heterocycles. The van der Waals surface area contributed by atoms with E-state index in [2.05, 4.69) is 33.2 Å². The minimum atomic E-state index is -2.48. The van der Waals surface area contributed by atoms with E-state index in [-0.39, 0.29) is 42.9 Å². The number of aromatic amines is 1. The molecule has 0 bridgehead atoms. The van der Waals surface area contributed by atoms with Crippen molar-refractivity contribution in [1.82, 2.24) is 20.2 Å². The van der Waals surface area contributed by atoms with Crippen LogP contribution in [0.5, 0.6) is 0 Å². The maximum atomic E-state index is 13.6. The zero-order valence-electron chi connectivity index (χ0n) is 23.8. The lowest BCUT2D eigenvalue weighted by atomic mass is 9.78. The van der Waals surface area contributed by atoms with Gasteiger partial charge in [0.15, 0.2) is 0 Å². The van der Waals surface area contributed by atoms with Crippen LogP contribution in [0.25, 0.3) is 10.9 Å². The van der Waals surface area contributed by atoms with Crippen molar-refractivity contribution < 1.29 is 13.6 Å². The topological polar surface area (TPSA) is 78.9 Å². The van der Waals surface area contributed by atoms with E-state index < -0.39 is 5.92 Å². The van der Waals surface area contributed by atoms with Crippen LogP contribution in [0, 0.1) is 25.7 Å². The van der Waals surface area contributed by atoms with Crippen molar-refractivity contribution in [2.75, 3.05) is 12.8 Å². The molecule has 2 fully saturated rings. The van der Waals surface area contributed by atoms with E-state index in [1.807, 2.05) is 44.4 Å². The van der Waals surface area contributed by atoms with E-state index in [4.69, 9.17) is 0 Å². The first-order chi connectivity index (χ1) is 19.1. The fraction of sp³-hybridized carbons (Fsp3) is 0.548.